The van der Waals surface area contributed by atoms with Gasteiger partial charge in [-0.3, -0.25) is 4.79 Å². The first-order valence-electron chi connectivity index (χ1n) is 9.12. The van der Waals surface area contributed by atoms with Crippen molar-refractivity contribution in [1.29, 1.82) is 0 Å². The number of carbonyl (C=O) groups is 1. The van der Waals surface area contributed by atoms with Crippen molar-refractivity contribution in [2.24, 2.45) is 0 Å². The summed E-state index contributed by atoms with van der Waals surface area (Å²) in [7, 11) is 0. The van der Waals surface area contributed by atoms with E-state index in [0.717, 1.165) is 17.7 Å². The van der Waals surface area contributed by atoms with Crippen molar-refractivity contribution in [2.45, 2.75) is 12.5 Å². The molecule has 4 nitrogen and oxygen atoms in total. The minimum atomic E-state index is -0.0596. The second-order valence-electron chi connectivity index (χ2n) is 6.81. The third-order valence-corrected chi connectivity index (χ3v) is 5.85. The fraction of sp³-hybridized carbons (Fsp3) is 0.286. The molecule has 2 heterocycles. The van der Waals surface area contributed by atoms with E-state index in [9.17, 15) is 4.79 Å². The number of piperazine rings is 1. The highest BCUT2D eigenvalue weighted by atomic mass is 35.5. The normalized spacial score (nSPS) is 19.4. The average molecular weight is 438 g/mol. The van der Waals surface area contributed by atoms with E-state index in [1.807, 2.05) is 47.4 Å². The van der Waals surface area contributed by atoms with Crippen LogP contribution in [0, 0.1) is 0 Å². The van der Waals surface area contributed by atoms with Gasteiger partial charge >= 0.3 is 0 Å². The maximum atomic E-state index is 12.8. The number of benzene rings is 2. The number of hydrogen-bond acceptors (Lipinski definition) is 3. The zero-order chi connectivity index (χ0) is 19.7. The zero-order valence-corrected chi connectivity index (χ0v) is 17.3. The molecule has 2 aliphatic rings. The predicted octanol–water partition coefficient (Wildman–Crippen LogP) is 5.34. The molecular formula is C21H19Cl3N2O2. The Morgan fingerprint density at radius 3 is 2.43 bits per heavy atom. The predicted molar refractivity (Wildman–Crippen MR) is 113 cm³/mol. The fourth-order valence-electron chi connectivity index (χ4n) is 3.66. The average Bonchev–Trinajstić information content (AvgIpc) is 3.23. The van der Waals surface area contributed by atoms with E-state index in [0.29, 0.717) is 47.1 Å². The Labute approximate surface area is 179 Å². The molecule has 1 fully saturated rings. The van der Waals surface area contributed by atoms with Crippen LogP contribution < -0.4 is 4.90 Å². The molecule has 0 N–H and O–H groups in total. The zero-order valence-electron chi connectivity index (χ0n) is 15.1. The summed E-state index contributed by atoms with van der Waals surface area (Å²) in [5.74, 6) is 0.395. The molecule has 0 aliphatic carbocycles. The molecule has 2 aromatic carbocycles. The van der Waals surface area contributed by atoms with Gasteiger partial charge in [0, 0.05) is 36.1 Å². The van der Waals surface area contributed by atoms with Gasteiger partial charge in [-0.2, -0.15) is 0 Å². The van der Waals surface area contributed by atoms with Crippen molar-refractivity contribution in [2.75, 3.05) is 31.1 Å². The Bertz CT molecular complexity index is 914. The number of hydrogen-bond donors (Lipinski definition) is 0. The standard InChI is InChI=1S/C21H19Cl3N2O2/c22-15-5-3-14(4-6-15)19-13-25(21(27)20-2-1-11-28-20)9-10-26(19)18-8-7-16(23)12-17(18)24/h2-8,12,19H,1,9-11,13H2. The van der Waals surface area contributed by atoms with Gasteiger partial charge in [0.25, 0.3) is 5.91 Å². The van der Waals surface area contributed by atoms with Gasteiger partial charge in [-0.05, 0) is 42.0 Å². The number of amides is 1. The first-order valence-corrected chi connectivity index (χ1v) is 10.3. The molecular weight excluding hydrogens is 419 g/mol. The Morgan fingerprint density at radius 1 is 1.00 bits per heavy atom. The van der Waals surface area contributed by atoms with E-state index < -0.39 is 0 Å². The number of anilines is 1. The van der Waals surface area contributed by atoms with Gasteiger partial charge in [0.1, 0.15) is 0 Å². The second-order valence-corrected chi connectivity index (χ2v) is 8.09. The number of rotatable bonds is 3. The van der Waals surface area contributed by atoms with Crippen molar-refractivity contribution >= 4 is 46.4 Å². The molecule has 0 saturated carbocycles. The molecule has 0 aromatic heterocycles. The molecule has 1 amide bonds. The van der Waals surface area contributed by atoms with E-state index in [4.69, 9.17) is 39.5 Å². The number of carbonyl (C=O) groups excluding carboxylic acids is 1. The highest BCUT2D eigenvalue weighted by molar-refractivity contribution is 6.36. The highest BCUT2D eigenvalue weighted by Crippen LogP contribution is 2.37. The molecule has 0 spiro atoms. The SMILES string of the molecule is O=C(C1=CCCO1)N1CCN(c2ccc(Cl)cc2Cl)C(c2ccc(Cl)cc2)C1. The summed E-state index contributed by atoms with van der Waals surface area (Å²) in [6.45, 7) is 2.33. The van der Waals surface area contributed by atoms with E-state index in [-0.39, 0.29) is 11.9 Å². The molecule has 1 unspecified atom stereocenters. The molecule has 2 aliphatic heterocycles. The van der Waals surface area contributed by atoms with Crippen LogP contribution in [0.25, 0.3) is 0 Å². The molecule has 146 valence electrons. The van der Waals surface area contributed by atoms with Crippen LogP contribution in [-0.4, -0.2) is 37.0 Å². The topological polar surface area (TPSA) is 32.8 Å². The maximum absolute atomic E-state index is 12.8. The van der Waals surface area contributed by atoms with Crippen LogP contribution in [0.2, 0.25) is 15.1 Å². The molecule has 2 aromatic rings. The first kappa shape index (κ1) is 19.4. The first-order chi connectivity index (χ1) is 13.5. The van der Waals surface area contributed by atoms with Crippen LogP contribution in [0.15, 0.2) is 54.3 Å². The summed E-state index contributed by atoms with van der Waals surface area (Å²) >= 11 is 18.6. The van der Waals surface area contributed by atoms with Gasteiger partial charge in [0.15, 0.2) is 5.76 Å². The van der Waals surface area contributed by atoms with Crippen LogP contribution >= 0.6 is 34.8 Å². The third kappa shape index (κ3) is 3.95. The lowest BCUT2D eigenvalue weighted by atomic mass is 10.0. The van der Waals surface area contributed by atoms with Gasteiger partial charge in [0.2, 0.25) is 0 Å². The summed E-state index contributed by atoms with van der Waals surface area (Å²) in [5.41, 5.74) is 1.96. The molecule has 1 atom stereocenters. The lowest BCUT2D eigenvalue weighted by molar-refractivity contribution is -0.131. The molecule has 7 heteroatoms. The quantitative estimate of drug-likeness (QED) is 0.649. The van der Waals surface area contributed by atoms with Gasteiger partial charge in [-0.15, -0.1) is 0 Å². The lowest BCUT2D eigenvalue weighted by Gasteiger charge is -2.43. The Kier molecular flexibility index (Phi) is 5.72. The fourth-order valence-corrected chi connectivity index (χ4v) is 4.31. The smallest absolute Gasteiger partial charge is 0.288 e. The molecule has 0 bridgehead atoms. The molecule has 28 heavy (non-hydrogen) atoms. The Morgan fingerprint density at radius 2 is 1.75 bits per heavy atom. The van der Waals surface area contributed by atoms with Crippen molar-refractivity contribution in [1.82, 2.24) is 4.90 Å². The Balaban J connectivity index is 1.66. The van der Waals surface area contributed by atoms with Gasteiger partial charge in [-0.25, -0.2) is 0 Å². The molecule has 0 radical (unpaired) electrons. The number of ether oxygens (including phenoxy) is 1. The lowest BCUT2D eigenvalue weighted by Crippen LogP contribution is -2.51. The molecule has 4 rings (SSSR count). The van der Waals surface area contributed by atoms with Crippen LogP contribution in [0.3, 0.4) is 0 Å². The maximum Gasteiger partial charge on any atom is 0.288 e. The summed E-state index contributed by atoms with van der Waals surface area (Å²) in [6.07, 6.45) is 2.64. The van der Waals surface area contributed by atoms with Gasteiger partial charge < -0.3 is 14.5 Å². The van der Waals surface area contributed by atoms with E-state index >= 15 is 0 Å². The Hall–Kier alpha value is -1.88. The monoisotopic (exact) mass is 436 g/mol. The second kappa shape index (κ2) is 8.24. The van der Waals surface area contributed by atoms with E-state index in [2.05, 4.69) is 4.90 Å². The van der Waals surface area contributed by atoms with Crippen LogP contribution in [-0.2, 0) is 9.53 Å². The van der Waals surface area contributed by atoms with Gasteiger partial charge in [-0.1, -0.05) is 46.9 Å². The summed E-state index contributed by atoms with van der Waals surface area (Å²) in [6, 6.07) is 13.1. The van der Waals surface area contributed by atoms with Crippen LogP contribution in [0.1, 0.15) is 18.0 Å². The van der Waals surface area contributed by atoms with Crippen molar-refractivity contribution < 1.29 is 9.53 Å². The van der Waals surface area contributed by atoms with Crippen molar-refractivity contribution in [3.05, 3.63) is 74.9 Å². The number of nitrogens with zero attached hydrogens (tertiary/aromatic N) is 2. The van der Waals surface area contributed by atoms with Crippen LogP contribution in [0.5, 0.6) is 0 Å². The summed E-state index contributed by atoms with van der Waals surface area (Å²) in [4.78, 5) is 16.9. The van der Waals surface area contributed by atoms with Crippen molar-refractivity contribution in [3.8, 4) is 0 Å². The largest absolute Gasteiger partial charge is 0.488 e. The minimum Gasteiger partial charge on any atom is -0.488 e. The summed E-state index contributed by atoms with van der Waals surface area (Å²) in [5, 5.41) is 1.86. The van der Waals surface area contributed by atoms with Crippen LogP contribution in [0.4, 0.5) is 5.69 Å². The van der Waals surface area contributed by atoms with Gasteiger partial charge in [0.05, 0.1) is 23.4 Å². The highest BCUT2D eigenvalue weighted by Gasteiger charge is 2.33. The minimum absolute atomic E-state index is 0.0571. The third-order valence-electron chi connectivity index (χ3n) is 5.06. The number of halogens is 3. The summed E-state index contributed by atoms with van der Waals surface area (Å²) < 4.78 is 5.47. The van der Waals surface area contributed by atoms with Crippen molar-refractivity contribution in [3.63, 3.8) is 0 Å². The van der Waals surface area contributed by atoms with E-state index in [1.165, 1.54) is 0 Å². The van der Waals surface area contributed by atoms with E-state index in [1.54, 1.807) is 6.07 Å². The molecule has 1 saturated heterocycles.